The summed E-state index contributed by atoms with van der Waals surface area (Å²) in [6, 6.07) is 3.01. The summed E-state index contributed by atoms with van der Waals surface area (Å²) < 4.78 is 0. The van der Waals surface area contributed by atoms with E-state index in [-0.39, 0.29) is 0 Å². The van der Waals surface area contributed by atoms with Gasteiger partial charge in [-0.05, 0) is 12.8 Å². The van der Waals surface area contributed by atoms with Gasteiger partial charge in [-0.25, -0.2) is 0 Å². The van der Waals surface area contributed by atoms with E-state index in [2.05, 4.69) is 37.4 Å². The van der Waals surface area contributed by atoms with Gasteiger partial charge in [-0.15, -0.1) is 0 Å². The van der Waals surface area contributed by atoms with Crippen LogP contribution in [0.15, 0.2) is 23.6 Å². The lowest BCUT2D eigenvalue weighted by Gasteiger charge is -2.17. The zero-order valence-electron chi connectivity index (χ0n) is 10.5. The Kier molecular flexibility index (Phi) is 6.00. The Morgan fingerprint density at radius 2 is 1.33 bits per heavy atom. The van der Waals surface area contributed by atoms with E-state index in [4.69, 9.17) is 0 Å². The van der Waals surface area contributed by atoms with E-state index < -0.39 is 8.07 Å². The standard InChI is InChI=1S/C14H26Si/c1-3-5-7-11-15(12-8-6-4-2)13-9-10-14-15/h7-8,11-12H,3-6,9-10,13-14H2,1-2H3/b11-7+,12-8+. The van der Waals surface area contributed by atoms with Crippen LogP contribution in [0.1, 0.15) is 52.4 Å². The van der Waals surface area contributed by atoms with Crippen molar-refractivity contribution in [2.24, 2.45) is 0 Å². The van der Waals surface area contributed by atoms with Crippen LogP contribution < -0.4 is 0 Å². The summed E-state index contributed by atoms with van der Waals surface area (Å²) in [7, 11) is -1.07. The lowest BCUT2D eigenvalue weighted by molar-refractivity contribution is 0.935. The molecule has 0 aliphatic carbocycles. The summed E-state index contributed by atoms with van der Waals surface area (Å²) in [5.41, 5.74) is 5.24. The third kappa shape index (κ3) is 4.37. The first-order chi connectivity index (χ1) is 7.33. The fourth-order valence-electron chi connectivity index (χ4n) is 2.39. The van der Waals surface area contributed by atoms with Gasteiger partial charge in [0, 0.05) is 0 Å². The SMILES string of the molecule is CCC/C=C/[Si]1(/C=C/CCC)CCCC1. The highest BCUT2D eigenvalue weighted by Crippen LogP contribution is 2.32. The average Bonchev–Trinajstić information content (AvgIpc) is 2.68. The van der Waals surface area contributed by atoms with Crippen LogP contribution in [0, 0.1) is 0 Å². The van der Waals surface area contributed by atoms with Crippen LogP contribution in [-0.4, -0.2) is 8.07 Å². The van der Waals surface area contributed by atoms with Crippen LogP contribution in [0.5, 0.6) is 0 Å². The van der Waals surface area contributed by atoms with Gasteiger partial charge in [-0.2, -0.15) is 0 Å². The molecule has 0 spiro atoms. The maximum absolute atomic E-state index is 2.62. The first-order valence-electron chi connectivity index (χ1n) is 6.68. The molecule has 0 atom stereocenters. The first kappa shape index (κ1) is 12.8. The molecule has 0 N–H and O–H groups in total. The predicted molar refractivity (Wildman–Crippen MR) is 72.7 cm³/mol. The zero-order chi connectivity index (χ0) is 11.0. The fourth-order valence-corrected chi connectivity index (χ4v) is 6.51. The molecule has 0 amide bonds. The predicted octanol–water partition coefficient (Wildman–Crippen LogP) is 5.02. The molecule has 0 aromatic heterocycles. The molecule has 0 aromatic rings. The minimum Gasteiger partial charge on any atom is -0.0944 e. The molecule has 1 heteroatoms. The minimum absolute atomic E-state index is 1.07. The van der Waals surface area contributed by atoms with E-state index in [1.165, 1.54) is 50.6 Å². The Labute approximate surface area is 96.5 Å². The molecule has 1 aliphatic rings. The van der Waals surface area contributed by atoms with Gasteiger partial charge in [0.2, 0.25) is 0 Å². The number of rotatable bonds is 6. The molecule has 15 heavy (non-hydrogen) atoms. The summed E-state index contributed by atoms with van der Waals surface area (Å²) >= 11 is 0. The van der Waals surface area contributed by atoms with Gasteiger partial charge in [0.25, 0.3) is 0 Å². The summed E-state index contributed by atoms with van der Waals surface area (Å²) in [6.45, 7) is 4.53. The molecule has 0 aromatic carbocycles. The van der Waals surface area contributed by atoms with Crippen LogP contribution >= 0.6 is 0 Å². The summed E-state index contributed by atoms with van der Waals surface area (Å²) in [6.07, 6.45) is 13.0. The third-order valence-corrected chi connectivity index (χ3v) is 7.71. The monoisotopic (exact) mass is 222 g/mol. The van der Waals surface area contributed by atoms with Crippen molar-refractivity contribution in [3.63, 3.8) is 0 Å². The van der Waals surface area contributed by atoms with Crippen molar-refractivity contribution in [3.05, 3.63) is 23.6 Å². The molecule has 1 aliphatic heterocycles. The van der Waals surface area contributed by atoms with E-state index in [0.717, 1.165) is 0 Å². The fraction of sp³-hybridized carbons (Fsp3) is 0.714. The average molecular weight is 222 g/mol. The smallest absolute Gasteiger partial charge is 0.0944 e. The second kappa shape index (κ2) is 7.05. The van der Waals surface area contributed by atoms with Crippen molar-refractivity contribution < 1.29 is 0 Å². The van der Waals surface area contributed by atoms with Crippen molar-refractivity contribution in [3.8, 4) is 0 Å². The molecule has 0 radical (unpaired) electrons. The Balaban J connectivity index is 2.53. The van der Waals surface area contributed by atoms with Gasteiger partial charge in [0.1, 0.15) is 8.07 Å². The van der Waals surface area contributed by atoms with Crippen LogP contribution in [0.25, 0.3) is 0 Å². The lowest BCUT2D eigenvalue weighted by Crippen LogP contribution is -2.24. The quantitative estimate of drug-likeness (QED) is 0.554. The van der Waals surface area contributed by atoms with E-state index >= 15 is 0 Å². The van der Waals surface area contributed by atoms with E-state index in [1.54, 1.807) is 0 Å². The van der Waals surface area contributed by atoms with Crippen molar-refractivity contribution in [1.29, 1.82) is 0 Å². The molecule has 1 rings (SSSR count). The summed E-state index contributed by atoms with van der Waals surface area (Å²) in [5, 5.41) is 0. The number of hydrogen-bond donors (Lipinski definition) is 0. The number of unbranched alkanes of at least 4 members (excludes halogenated alkanes) is 2. The normalized spacial score (nSPS) is 20.7. The summed E-state index contributed by atoms with van der Waals surface area (Å²) in [5.74, 6) is 0. The van der Waals surface area contributed by atoms with Gasteiger partial charge in [-0.1, -0.05) is 75.2 Å². The topological polar surface area (TPSA) is 0 Å². The zero-order valence-corrected chi connectivity index (χ0v) is 11.5. The number of hydrogen-bond acceptors (Lipinski definition) is 0. The van der Waals surface area contributed by atoms with E-state index in [0.29, 0.717) is 0 Å². The van der Waals surface area contributed by atoms with Crippen LogP contribution in [0.2, 0.25) is 12.1 Å². The number of allylic oxidation sites excluding steroid dienone is 2. The van der Waals surface area contributed by atoms with Gasteiger partial charge in [-0.3, -0.25) is 0 Å². The Hall–Kier alpha value is -0.303. The van der Waals surface area contributed by atoms with E-state index in [1.807, 2.05) is 0 Å². The maximum atomic E-state index is 2.62. The van der Waals surface area contributed by atoms with Crippen molar-refractivity contribution in [1.82, 2.24) is 0 Å². The Morgan fingerprint density at radius 3 is 1.73 bits per heavy atom. The first-order valence-corrected chi connectivity index (χ1v) is 9.25. The Morgan fingerprint density at radius 1 is 0.867 bits per heavy atom. The maximum Gasteiger partial charge on any atom is 0.101 e. The molecular weight excluding hydrogens is 196 g/mol. The second-order valence-corrected chi connectivity index (χ2v) is 8.96. The van der Waals surface area contributed by atoms with Gasteiger partial charge in [0.05, 0.1) is 0 Å². The van der Waals surface area contributed by atoms with Crippen molar-refractivity contribution in [2.45, 2.75) is 64.5 Å². The molecule has 0 bridgehead atoms. The van der Waals surface area contributed by atoms with Crippen molar-refractivity contribution in [2.75, 3.05) is 0 Å². The molecule has 0 unspecified atom stereocenters. The van der Waals surface area contributed by atoms with Crippen LogP contribution in [0.3, 0.4) is 0 Å². The molecule has 1 fully saturated rings. The molecule has 86 valence electrons. The van der Waals surface area contributed by atoms with Crippen LogP contribution in [-0.2, 0) is 0 Å². The molecular formula is C14H26Si. The van der Waals surface area contributed by atoms with Gasteiger partial charge in [0.15, 0.2) is 0 Å². The third-order valence-electron chi connectivity index (χ3n) is 3.34. The highest BCUT2D eigenvalue weighted by molar-refractivity contribution is 6.89. The van der Waals surface area contributed by atoms with Crippen molar-refractivity contribution >= 4 is 8.07 Å². The second-order valence-electron chi connectivity index (χ2n) is 4.82. The van der Waals surface area contributed by atoms with Gasteiger partial charge >= 0.3 is 0 Å². The lowest BCUT2D eigenvalue weighted by atomic mass is 10.3. The highest BCUT2D eigenvalue weighted by atomic mass is 28.3. The largest absolute Gasteiger partial charge is 0.101 e. The van der Waals surface area contributed by atoms with E-state index in [9.17, 15) is 0 Å². The molecule has 0 saturated carbocycles. The van der Waals surface area contributed by atoms with Crippen LogP contribution in [0.4, 0.5) is 0 Å². The Bertz CT molecular complexity index is 191. The molecule has 0 nitrogen and oxygen atoms in total. The molecule has 1 saturated heterocycles. The summed E-state index contributed by atoms with van der Waals surface area (Å²) in [4.78, 5) is 0. The molecule has 1 heterocycles. The van der Waals surface area contributed by atoms with Gasteiger partial charge < -0.3 is 0 Å². The highest BCUT2D eigenvalue weighted by Gasteiger charge is 2.30. The minimum atomic E-state index is -1.07.